The van der Waals surface area contributed by atoms with E-state index in [0.29, 0.717) is 25.5 Å². The lowest BCUT2D eigenvalue weighted by molar-refractivity contribution is 0.171. The van der Waals surface area contributed by atoms with Crippen molar-refractivity contribution in [3.63, 3.8) is 0 Å². The third-order valence-corrected chi connectivity index (χ3v) is 5.81. The summed E-state index contributed by atoms with van der Waals surface area (Å²) in [6.07, 6.45) is 2.67. The minimum atomic E-state index is 0.579. The molecule has 0 amide bonds. The summed E-state index contributed by atoms with van der Waals surface area (Å²) in [7, 11) is 0. The average molecular weight is 404 g/mol. The van der Waals surface area contributed by atoms with Crippen molar-refractivity contribution in [3.05, 3.63) is 58.9 Å². The van der Waals surface area contributed by atoms with E-state index in [1.165, 1.54) is 11.3 Å². The molecule has 9 heteroatoms. The summed E-state index contributed by atoms with van der Waals surface area (Å²) in [5.74, 6) is 2.28. The summed E-state index contributed by atoms with van der Waals surface area (Å²) >= 11 is 1.54. The van der Waals surface area contributed by atoms with Crippen molar-refractivity contribution >= 4 is 21.9 Å². The van der Waals surface area contributed by atoms with Gasteiger partial charge in [-0.2, -0.15) is 9.61 Å². The molecule has 8 nitrogen and oxygen atoms in total. The fraction of sp³-hybridized carbons (Fsp3) is 0.200. The van der Waals surface area contributed by atoms with Gasteiger partial charge in [0.1, 0.15) is 29.6 Å². The second-order valence-corrected chi connectivity index (χ2v) is 7.88. The van der Waals surface area contributed by atoms with Crippen LogP contribution in [0.15, 0.2) is 42.6 Å². The monoisotopic (exact) mass is 404 g/mol. The standard InChI is InChI=1S/C20H16N6O2S/c1-12-18(25-7-3-2-4-16(25)21-12)19-22-23-20-26(19)24-17(29-20)11-13-5-6-14-15(10-13)28-9-8-27-14/h2-7,10H,8-9,11H2,1H3. The first kappa shape index (κ1) is 16.5. The number of nitrogens with zero attached hydrogens (tertiary/aromatic N) is 6. The van der Waals surface area contributed by atoms with Crippen molar-refractivity contribution in [1.29, 1.82) is 0 Å². The molecule has 1 aliphatic heterocycles. The minimum Gasteiger partial charge on any atom is -0.486 e. The molecule has 0 saturated heterocycles. The third kappa shape index (κ3) is 2.65. The van der Waals surface area contributed by atoms with Crippen LogP contribution in [-0.4, -0.2) is 42.4 Å². The predicted octanol–water partition coefficient (Wildman–Crippen LogP) is 3.17. The molecular weight excluding hydrogens is 388 g/mol. The van der Waals surface area contributed by atoms with Crippen molar-refractivity contribution in [2.75, 3.05) is 13.2 Å². The lowest BCUT2D eigenvalue weighted by atomic mass is 10.1. The van der Waals surface area contributed by atoms with Gasteiger partial charge in [0, 0.05) is 12.6 Å². The van der Waals surface area contributed by atoms with E-state index >= 15 is 0 Å². The Kier molecular flexibility index (Phi) is 3.57. The Hall–Kier alpha value is -3.46. The van der Waals surface area contributed by atoms with Crippen LogP contribution in [0.4, 0.5) is 0 Å². The Morgan fingerprint density at radius 2 is 1.97 bits per heavy atom. The molecule has 5 aromatic rings. The van der Waals surface area contributed by atoms with Gasteiger partial charge in [0.2, 0.25) is 10.8 Å². The van der Waals surface area contributed by atoms with Crippen molar-refractivity contribution in [1.82, 2.24) is 29.2 Å². The molecule has 0 aliphatic carbocycles. The molecule has 1 aromatic carbocycles. The van der Waals surface area contributed by atoms with E-state index in [1.807, 2.05) is 58.4 Å². The molecule has 0 spiro atoms. The van der Waals surface area contributed by atoms with E-state index in [9.17, 15) is 0 Å². The molecule has 29 heavy (non-hydrogen) atoms. The zero-order valence-corrected chi connectivity index (χ0v) is 16.4. The summed E-state index contributed by atoms with van der Waals surface area (Å²) in [6.45, 7) is 3.15. The molecule has 0 radical (unpaired) electrons. The molecule has 4 aromatic heterocycles. The highest BCUT2D eigenvalue weighted by atomic mass is 32.1. The fourth-order valence-corrected chi connectivity index (χ4v) is 4.50. The normalized spacial score (nSPS) is 13.4. The molecule has 0 bridgehead atoms. The topological polar surface area (TPSA) is 78.8 Å². The SMILES string of the molecule is Cc1nc2ccccn2c1-c1nnc2sc(Cc3ccc4c(c3)OCCO4)nn12. The van der Waals surface area contributed by atoms with E-state index in [1.54, 1.807) is 0 Å². The lowest BCUT2D eigenvalue weighted by Crippen LogP contribution is -2.15. The Morgan fingerprint density at radius 1 is 1.07 bits per heavy atom. The summed E-state index contributed by atoms with van der Waals surface area (Å²) in [4.78, 5) is 5.38. The molecule has 144 valence electrons. The van der Waals surface area contributed by atoms with Crippen LogP contribution in [-0.2, 0) is 6.42 Å². The summed E-state index contributed by atoms with van der Waals surface area (Å²) < 4.78 is 15.1. The first-order valence-corrected chi connectivity index (χ1v) is 10.1. The van der Waals surface area contributed by atoms with E-state index < -0.39 is 0 Å². The van der Waals surface area contributed by atoms with Gasteiger partial charge in [-0.1, -0.05) is 23.5 Å². The number of hydrogen-bond donors (Lipinski definition) is 0. The van der Waals surface area contributed by atoms with Gasteiger partial charge in [0.15, 0.2) is 11.5 Å². The smallest absolute Gasteiger partial charge is 0.235 e. The van der Waals surface area contributed by atoms with Crippen LogP contribution in [0.3, 0.4) is 0 Å². The quantitative estimate of drug-likeness (QED) is 0.460. The van der Waals surface area contributed by atoms with Crippen molar-refractivity contribution in [2.24, 2.45) is 0 Å². The Labute approximate surface area is 169 Å². The third-order valence-electron chi connectivity index (χ3n) is 4.91. The Morgan fingerprint density at radius 3 is 2.90 bits per heavy atom. The van der Waals surface area contributed by atoms with Crippen molar-refractivity contribution < 1.29 is 9.47 Å². The Bertz CT molecular complexity index is 1370. The number of pyridine rings is 1. The summed E-state index contributed by atoms with van der Waals surface area (Å²) in [5, 5.41) is 14.5. The van der Waals surface area contributed by atoms with E-state index in [0.717, 1.165) is 44.1 Å². The van der Waals surface area contributed by atoms with Crippen molar-refractivity contribution in [3.8, 4) is 23.0 Å². The highest BCUT2D eigenvalue weighted by molar-refractivity contribution is 7.16. The van der Waals surface area contributed by atoms with Crippen LogP contribution >= 0.6 is 11.3 Å². The zero-order chi connectivity index (χ0) is 19.4. The van der Waals surface area contributed by atoms with Gasteiger partial charge in [-0.25, -0.2) is 4.98 Å². The van der Waals surface area contributed by atoms with Gasteiger partial charge in [-0.15, -0.1) is 10.2 Å². The zero-order valence-electron chi connectivity index (χ0n) is 15.6. The second-order valence-electron chi connectivity index (χ2n) is 6.84. The van der Waals surface area contributed by atoms with Crippen molar-refractivity contribution in [2.45, 2.75) is 13.3 Å². The maximum atomic E-state index is 5.69. The number of aromatic nitrogens is 6. The number of hydrogen-bond acceptors (Lipinski definition) is 7. The van der Waals surface area contributed by atoms with Crippen LogP contribution in [0.25, 0.3) is 22.1 Å². The molecule has 0 atom stereocenters. The maximum absolute atomic E-state index is 5.69. The number of benzene rings is 1. The number of fused-ring (bicyclic) bond motifs is 3. The first-order valence-electron chi connectivity index (χ1n) is 9.30. The van der Waals surface area contributed by atoms with Gasteiger partial charge in [0.25, 0.3) is 0 Å². The van der Waals surface area contributed by atoms with Gasteiger partial charge < -0.3 is 9.47 Å². The van der Waals surface area contributed by atoms with E-state index in [4.69, 9.17) is 14.6 Å². The molecule has 5 heterocycles. The Balaban J connectivity index is 1.39. The molecular formula is C20H16N6O2S. The van der Waals surface area contributed by atoms with Gasteiger partial charge in [-0.05, 0) is 36.8 Å². The lowest BCUT2D eigenvalue weighted by Gasteiger charge is -2.18. The fourth-order valence-electron chi connectivity index (χ4n) is 3.63. The number of rotatable bonds is 3. The van der Waals surface area contributed by atoms with Crippen LogP contribution in [0.1, 0.15) is 16.3 Å². The number of ether oxygens (including phenoxy) is 2. The van der Waals surface area contributed by atoms with E-state index in [2.05, 4.69) is 15.2 Å². The predicted molar refractivity (Wildman–Crippen MR) is 108 cm³/mol. The second kappa shape index (κ2) is 6.28. The van der Waals surface area contributed by atoms with Gasteiger partial charge in [-0.3, -0.25) is 4.40 Å². The largest absolute Gasteiger partial charge is 0.486 e. The van der Waals surface area contributed by atoms with Gasteiger partial charge >= 0.3 is 0 Å². The summed E-state index contributed by atoms with van der Waals surface area (Å²) in [5.41, 5.74) is 3.80. The molecule has 0 fully saturated rings. The summed E-state index contributed by atoms with van der Waals surface area (Å²) in [6, 6.07) is 11.9. The van der Waals surface area contributed by atoms with Crippen LogP contribution in [0, 0.1) is 6.92 Å². The van der Waals surface area contributed by atoms with E-state index in [-0.39, 0.29) is 0 Å². The maximum Gasteiger partial charge on any atom is 0.235 e. The minimum absolute atomic E-state index is 0.579. The number of aryl methyl sites for hydroxylation is 1. The first-order chi connectivity index (χ1) is 14.3. The van der Waals surface area contributed by atoms with Gasteiger partial charge in [0.05, 0.1) is 5.69 Å². The molecule has 1 aliphatic rings. The van der Waals surface area contributed by atoms with Crippen LogP contribution in [0.2, 0.25) is 0 Å². The highest BCUT2D eigenvalue weighted by Crippen LogP contribution is 2.32. The molecule has 6 rings (SSSR count). The van der Waals surface area contributed by atoms with Crippen LogP contribution in [0.5, 0.6) is 11.5 Å². The molecule has 0 saturated carbocycles. The molecule has 0 unspecified atom stereocenters. The highest BCUT2D eigenvalue weighted by Gasteiger charge is 2.20. The number of imidazole rings is 1. The average Bonchev–Trinajstić information content (AvgIpc) is 3.39. The molecule has 0 N–H and O–H groups in total. The van der Waals surface area contributed by atoms with Crippen LogP contribution < -0.4 is 9.47 Å².